The number of carbonyl (C=O) groups excluding carboxylic acids is 1. The van der Waals surface area contributed by atoms with E-state index in [0.29, 0.717) is 19.0 Å². The zero-order valence-corrected chi connectivity index (χ0v) is 12.0. The summed E-state index contributed by atoms with van der Waals surface area (Å²) in [6.45, 7) is 3.69. The third kappa shape index (κ3) is 3.23. The molecule has 0 radical (unpaired) electrons. The van der Waals surface area contributed by atoms with Gasteiger partial charge in [-0.25, -0.2) is 9.59 Å². The molecule has 20 heavy (non-hydrogen) atoms. The normalized spacial score (nSPS) is 27.9. The second-order valence-corrected chi connectivity index (χ2v) is 5.90. The fraction of sp³-hybridized carbons (Fsp3) is 0.857. The average Bonchev–Trinajstić information content (AvgIpc) is 2.81. The first-order chi connectivity index (χ1) is 9.52. The van der Waals surface area contributed by atoms with Crippen LogP contribution in [0.15, 0.2) is 0 Å². The van der Waals surface area contributed by atoms with Crippen molar-refractivity contribution < 1.29 is 19.8 Å². The van der Waals surface area contributed by atoms with Crippen LogP contribution in [0.1, 0.15) is 39.0 Å². The molecule has 0 bridgehead atoms. The van der Waals surface area contributed by atoms with Crippen molar-refractivity contribution in [2.24, 2.45) is 5.92 Å². The molecule has 0 saturated carbocycles. The smallest absolute Gasteiger partial charge is 0.326 e. The molecule has 2 N–H and O–H groups in total. The lowest BCUT2D eigenvalue weighted by Crippen LogP contribution is -2.50. The number of carbonyl (C=O) groups is 2. The number of urea groups is 1. The lowest BCUT2D eigenvalue weighted by Gasteiger charge is -2.35. The molecule has 0 aromatic carbocycles. The molecule has 114 valence electrons. The number of nitrogens with zero attached hydrogens (tertiary/aromatic N) is 2. The van der Waals surface area contributed by atoms with Crippen LogP contribution in [0.4, 0.5) is 4.79 Å². The summed E-state index contributed by atoms with van der Waals surface area (Å²) in [5.74, 6) is -0.348. The van der Waals surface area contributed by atoms with E-state index in [2.05, 4.69) is 6.92 Å². The van der Waals surface area contributed by atoms with Crippen molar-refractivity contribution in [1.82, 2.24) is 9.80 Å². The van der Waals surface area contributed by atoms with E-state index < -0.39 is 18.1 Å². The van der Waals surface area contributed by atoms with Gasteiger partial charge in [-0.2, -0.15) is 0 Å². The van der Waals surface area contributed by atoms with E-state index in [0.717, 1.165) is 19.3 Å². The number of hydrogen-bond donors (Lipinski definition) is 2. The maximum Gasteiger partial charge on any atom is 0.326 e. The number of aliphatic hydroxyl groups is 1. The van der Waals surface area contributed by atoms with Crippen LogP contribution in [0.5, 0.6) is 0 Å². The Balaban J connectivity index is 1.93. The number of β-amino-alcohol motifs (C(OH)–C–C–N with tert-alkyl or cyclic N) is 1. The highest BCUT2D eigenvalue weighted by Crippen LogP contribution is 2.25. The second kappa shape index (κ2) is 6.43. The van der Waals surface area contributed by atoms with Crippen molar-refractivity contribution in [3.63, 3.8) is 0 Å². The number of rotatable bonds is 3. The van der Waals surface area contributed by atoms with Gasteiger partial charge in [0.2, 0.25) is 0 Å². The number of piperidine rings is 1. The summed E-state index contributed by atoms with van der Waals surface area (Å²) >= 11 is 0. The standard InChI is InChI=1S/C14H24N2O4/c1-2-3-10-4-6-15(7-5-10)14(20)16-9-11(17)8-12(16)13(18)19/h10-12,17H,2-9H2,1H3,(H,18,19)/t11-,12-/m0/s1. The highest BCUT2D eigenvalue weighted by molar-refractivity contribution is 5.83. The highest BCUT2D eigenvalue weighted by atomic mass is 16.4. The Bertz CT molecular complexity index is 366. The van der Waals surface area contributed by atoms with E-state index in [4.69, 9.17) is 5.11 Å². The van der Waals surface area contributed by atoms with Gasteiger partial charge in [-0.3, -0.25) is 0 Å². The highest BCUT2D eigenvalue weighted by Gasteiger charge is 2.41. The molecule has 2 rings (SSSR count). The fourth-order valence-corrected chi connectivity index (χ4v) is 3.26. The van der Waals surface area contributed by atoms with Gasteiger partial charge < -0.3 is 20.0 Å². The summed E-state index contributed by atoms with van der Waals surface area (Å²) in [5.41, 5.74) is 0. The Kier molecular flexibility index (Phi) is 4.86. The monoisotopic (exact) mass is 284 g/mol. The Morgan fingerprint density at radius 3 is 2.45 bits per heavy atom. The summed E-state index contributed by atoms with van der Waals surface area (Å²) in [6.07, 6.45) is 3.76. The predicted molar refractivity (Wildman–Crippen MR) is 73.4 cm³/mol. The van der Waals surface area contributed by atoms with Gasteiger partial charge in [-0.1, -0.05) is 19.8 Å². The van der Waals surface area contributed by atoms with E-state index in [1.807, 2.05) is 0 Å². The number of hydrogen-bond acceptors (Lipinski definition) is 3. The topological polar surface area (TPSA) is 81.1 Å². The van der Waals surface area contributed by atoms with E-state index in [1.54, 1.807) is 4.90 Å². The Morgan fingerprint density at radius 1 is 1.25 bits per heavy atom. The molecular weight excluding hydrogens is 260 g/mol. The third-order valence-electron chi connectivity index (χ3n) is 4.39. The molecule has 2 atom stereocenters. The molecule has 2 heterocycles. The van der Waals surface area contributed by atoms with Gasteiger partial charge in [0.25, 0.3) is 0 Å². The molecule has 0 spiro atoms. The number of likely N-dealkylation sites (tertiary alicyclic amines) is 2. The fourth-order valence-electron chi connectivity index (χ4n) is 3.26. The van der Waals surface area contributed by atoms with Gasteiger partial charge in [0.15, 0.2) is 0 Å². The molecule has 2 aliphatic rings. The lowest BCUT2D eigenvalue weighted by atomic mass is 9.93. The Morgan fingerprint density at radius 2 is 1.90 bits per heavy atom. The molecule has 6 nitrogen and oxygen atoms in total. The molecule has 2 aliphatic heterocycles. The maximum atomic E-state index is 12.4. The van der Waals surface area contributed by atoms with E-state index in [-0.39, 0.29) is 19.0 Å². The zero-order valence-electron chi connectivity index (χ0n) is 12.0. The Labute approximate surface area is 119 Å². The van der Waals surface area contributed by atoms with Gasteiger partial charge in [0, 0.05) is 26.1 Å². The van der Waals surface area contributed by atoms with Crippen molar-refractivity contribution >= 4 is 12.0 Å². The molecule has 2 fully saturated rings. The van der Waals surface area contributed by atoms with Crippen molar-refractivity contribution in [2.75, 3.05) is 19.6 Å². The lowest BCUT2D eigenvalue weighted by molar-refractivity contribution is -0.141. The second-order valence-electron chi connectivity index (χ2n) is 5.90. The van der Waals surface area contributed by atoms with Crippen LogP contribution in [0.2, 0.25) is 0 Å². The van der Waals surface area contributed by atoms with E-state index in [1.165, 1.54) is 11.3 Å². The predicted octanol–water partition coefficient (Wildman–Crippen LogP) is 1.14. The minimum Gasteiger partial charge on any atom is -0.480 e. The first-order valence-corrected chi connectivity index (χ1v) is 7.49. The van der Waals surface area contributed by atoms with Crippen molar-refractivity contribution in [2.45, 2.75) is 51.2 Å². The average molecular weight is 284 g/mol. The SMILES string of the molecule is CCCC1CCN(C(=O)N2C[C@@H](O)C[C@H]2C(=O)O)CC1. The van der Waals surface area contributed by atoms with Gasteiger partial charge in [0.05, 0.1) is 6.10 Å². The molecule has 0 aliphatic carbocycles. The minimum atomic E-state index is -1.03. The largest absolute Gasteiger partial charge is 0.480 e. The number of aliphatic hydroxyl groups excluding tert-OH is 1. The van der Waals surface area contributed by atoms with Crippen LogP contribution in [-0.4, -0.2) is 63.8 Å². The van der Waals surface area contributed by atoms with Crippen LogP contribution >= 0.6 is 0 Å². The zero-order chi connectivity index (χ0) is 14.7. The number of aliphatic carboxylic acids is 1. The van der Waals surface area contributed by atoms with Gasteiger partial charge in [-0.15, -0.1) is 0 Å². The number of carboxylic acid groups (broad SMARTS) is 1. The summed E-state index contributed by atoms with van der Waals surface area (Å²) in [6, 6.07) is -1.12. The number of carboxylic acids is 1. The van der Waals surface area contributed by atoms with E-state index >= 15 is 0 Å². The first-order valence-electron chi connectivity index (χ1n) is 7.49. The molecule has 2 amide bonds. The van der Waals surface area contributed by atoms with Crippen LogP contribution in [0.3, 0.4) is 0 Å². The molecule has 0 aromatic rings. The molecule has 6 heteroatoms. The van der Waals surface area contributed by atoms with Crippen molar-refractivity contribution in [3.05, 3.63) is 0 Å². The molecule has 0 unspecified atom stereocenters. The summed E-state index contributed by atoms with van der Waals surface area (Å²) in [7, 11) is 0. The van der Waals surface area contributed by atoms with Gasteiger partial charge >= 0.3 is 12.0 Å². The molecular formula is C14H24N2O4. The minimum absolute atomic E-state index is 0.130. The third-order valence-corrected chi connectivity index (χ3v) is 4.39. The summed E-state index contributed by atoms with van der Waals surface area (Å²) < 4.78 is 0. The van der Waals surface area contributed by atoms with Crippen LogP contribution in [0.25, 0.3) is 0 Å². The van der Waals surface area contributed by atoms with Gasteiger partial charge in [-0.05, 0) is 18.8 Å². The molecule has 2 saturated heterocycles. The number of amides is 2. The van der Waals surface area contributed by atoms with Gasteiger partial charge in [0.1, 0.15) is 6.04 Å². The first kappa shape index (κ1) is 15.1. The van der Waals surface area contributed by atoms with E-state index in [9.17, 15) is 14.7 Å². The quantitative estimate of drug-likeness (QED) is 0.814. The van der Waals surface area contributed by atoms with Crippen LogP contribution < -0.4 is 0 Å². The van der Waals surface area contributed by atoms with Crippen LogP contribution in [-0.2, 0) is 4.79 Å². The summed E-state index contributed by atoms with van der Waals surface area (Å²) in [4.78, 5) is 26.6. The summed E-state index contributed by atoms with van der Waals surface area (Å²) in [5, 5.41) is 18.7. The van der Waals surface area contributed by atoms with Crippen LogP contribution in [0, 0.1) is 5.92 Å². The maximum absolute atomic E-state index is 12.4. The Hall–Kier alpha value is -1.30. The van der Waals surface area contributed by atoms with Crippen molar-refractivity contribution in [3.8, 4) is 0 Å². The van der Waals surface area contributed by atoms with Crippen molar-refractivity contribution in [1.29, 1.82) is 0 Å². The molecule has 0 aromatic heterocycles.